The Morgan fingerprint density at radius 3 is 2.80 bits per heavy atom. The standard InChI is InChI=1S/C17H28N2O/c1-4-10-18-12-14-7-11-19-13-16(14)20-15-5-8-17(2,3)9-6-15/h7,11,13,15,18H,4-6,8-10,12H2,1-3H3. The predicted octanol–water partition coefficient (Wildman–Crippen LogP) is 3.93. The fourth-order valence-corrected chi connectivity index (χ4v) is 2.73. The lowest BCUT2D eigenvalue weighted by atomic mass is 9.76. The van der Waals surface area contributed by atoms with Gasteiger partial charge in [-0.15, -0.1) is 0 Å². The number of aromatic nitrogens is 1. The van der Waals surface area contributed by atoms with Crippen LogP contribution in [0.5, 0.6) is 5.75 Å². The van der Waals surface area contributed by atoms with E-state index in [1.165, 1.54) is 18.4 Å². The Balaban J connectivity index is 1.92. The van der Waals surface area contributed by atoms with Crippen molar-refractivity contribution in [1.82, 2.24) is 10.3 Å². The van der Waals surface area contributed by atoms with Gasteiger partial charge in [0.1, 0.15) is 5.75 Å². The van der Waals surface area contributed by atoms with E-state index >= 15 is 0 Å². The van der Waals surface area contributed by atoms with Gasteiger partial charge in [0, 0.05) is 18.3 Å². The van der Waals surface area contributed by atoms with Crippen molar-refractivity contribution in [1.29, 1.82) is 0 Å². The Bertz CT molecular complexity index is 407. The molecule has 0 spiro atoms. The van der Waals surface area contributed by atoms with Gasteiger partial charge in [-0.25, -0.2) is 0 Å². The molecular weight excluding hydrogens is 248 g/mol. The van der Waals surface area contributed by atoms with Crippen LogP contribution in [0, 0.1) is 5.41 Å². The molecule has 0 amide bonds. The molecule has 1 aromatic rings. The Morgan fingerprint density at radius 2 is 2.10 bits per heavy atom. The van der Waals surface area contributed by atoms with Crippen LogP contribution >= 0.6 is 0 Å². The maximum atomic E-state index is 6.21. The van der Waals surface area contributed by atoms with Gasteiger partial charge >= 0.3 is 0 Å². The molecule has 0 bridgehead atoms. The first-order valence-electron chi connectivity index (χ1n) is 7.91. The molecule has 0 radical (unpaired) electrons. The van der Waals surface area contributed by atoms with Crippen LogP contribution < -0.4 is 10.1 Å². The molecule has 112 valence electrons. The number of hydrogen-bond acceptors (Lipinski definition) is 3. The van der Waals surface area contributed by atoms with Gasteiger partial charge in [-0.3, -0.25) is 4.98 Å². The van der Waals surface area contributed by atoms with E-state index in [9.17, 15) is 0 Å². The summed E-state index contributed by atoms with van der Waals surface area (Å²) in [7, 11) is 0. The van der Waals surface area contributed by atoms with Gasteiger partial charge in [-0.05, 0) is 50.1 Å². The lowest BCUT2D eigenvalue weighted by Gasteiger charge is -2.34. The summed E-state index contributed by atoms with van der Waals surface area (Å²) in [6.45, 7) is 8.80. The molecule has 1 aromatic heterocycles. The van der Waals surface area contributed by atoms with E-state index in [-0.39, 0.29) is 0 Å². The van der Waals surface area contributed by atoms with Gasteiger partial charge in [0.15, 0.2) is 0 Å². The normalized spacial score (nSPS) is 18.9. The van der Waals surface area contributed by atoms with Crippen LogP contribution in [0.2, 0.25) is 0 Å². The van der Waals surface area contributed by atoms with E-state index in [0.29, 0.717) is 11.5 Å². The molecule has 3 heteroatoms. The van der Waals surface area contributed by atoms with Gasteiger partial charge in [-0.2, -0.15) is 0 Å². The third kappa shape index (κ3) is 4.48. The predicted molar refractivity (Wildman–Crippen MR) is 82.9 cm³/mol. The lowest BCUT2D eigenvalue weighted by Crippen LogP contribution is -2.28. The summed E-state index contributed by atoms with van der Waals surface area (Å²) in [6.07, 6.45) is 10.0. The quantitative estimate of drug-likeness (QED) is 0.799. The molecule has 1 fully saturated rings. The van der Waals surface area contributed by atoms with Crippen LogP contribution in [0.15, 0.2) is 18.5 Å². The average Bonchev–Trinajstić information content (AvgIpc) is 2.43. The molecule has 2 rings (SSSR count). The van der Waals surface area contributed by atoms with E-state index in [4.69, 9.17) is 4.74 Å². The van der Waals surface area contributed by atoms with Gasteiger partial charge in [-0.1, -0.05) is 20.8 Å². The zero-order valence-electron chi connectivity index (χ0n) is 13.1. The highest BCUT2D eigenvalue weighted by Gasteiger charge is 2.28. The van der Waals surface area contributed by atoms with Crippen molar-refractivity contribution in [3.8, 4) is 5.75 Å². The second-order valence-corrected chi connectivity index (χ2v) is 6.64. The Kier molecular flexibility index (Phi) is 5.41. The number of hydrogen-bond donors (Lipinski definition) is 1. The minimum absolute atomic E-state index is 0.358. The highest BCUT2D eigenvalue weighted by molar-refractivity contribution is 5.30. The minimum atomic E-state index is 0.358. The molecule has 1 N–H and O–H groups in total. The summed E-state index contributed by atoms with van der Waals surface area (Å²) in [5.41, 5.74) is 1.71. The maximum absolute atomic E-state index is 6.21. The van der Waals surface area contributed by atoms with E-state index in [1.807, 2.05) is 12.4 Å². The number of nitrogens with one attached hydrogen (secondary N) is 1. The number of pyridine rings is 1. The third-order valence-electron chi connectivity index (χ3n) is 4.19. The van der Waals surface area contributed by atoms with Gasteiger partial charge in [0.2, 0.25) is 0 Å². The van der Waals surface area contributed by atoms with Crippen LogP contribution in [-0.2, 0) is 6.54 Å². The molecule has 0 aromatic carbocycles. The summed E-state index contributed by atoms with van der Waals surface area (Å²) in [5, 5.41) is 3.43. The van der Waals surface area contributed by atoms with Gasteiger partial charge in [0.25, 0.3) is 0 Å². The molecule has 0 aliphatic heterocycles. The molecule has 0 unspecified atom stereocenters. The van der Waals surface area contributed by atoms with Crippen molar-refractivity contribution in [2.45, 2.75) is 65.5 Å². The lowest BCUT2D eigenvalue weighted by molar-refractivity contribution is 0.0975. The van der Waals surface area contributed by atoms with E-state index in [2.05, 4.69) is 37.1 Å². The van der Waals surface area contributed by atoms with Crippen molar-refractivity contribution in [3.05, 3.63) is 24.0 Å². The zero-order chi connectivity index (χ0) is 14.4. The fourth-order valence-electron chi connectivity index (χ4n) is 2.73. The summed E-state index contributed by atoms with van der Waals surface area (Å²) < 4.78 is 6.21. The summed E-state index contributed by atoms with van der Waals surface area (Å²) in [4.78, 5) is 4.21. The molecule has 3 nitrogen and oxygen atoms in total. The summed E-state index contributed by atoms with van der Waals surface area (Å²) in [6, 6.07) is 2.06. The van der Waals surface area contributed by atoms with Crippen molar-refractivity contribution >= 4 is 0 Å². The molecule has 20 heavy (non-hydrogen) atoms. The summed E-state index contributed by atoms with van der Waals surface area (Å²) in [5.74, 6) is 0.959. The molecule has 1 saturated carbocycles. The zero-order valence-corrected chi connectivity index (χ0v) is 13.1. The Hall–Kier alpha value is -1.09. The number of rotatable bonds is 6. The second-order valence-electron chi connectivity index (χ2n) is 6.64. The Morgan fingerprint density at radius 1 is 1.35 bits per heavy atom. The van der Waals surface area contributed by atoms with Crippen molar-refractivity contribution in [2.24, 2.45) is 5.41 Å². The number of nitrogens with zero attached hydrogens (tertiary/aromatic N) is 1. The fraction of sp³-hybridized carbons (Fsp3) is 0.706. The second kappa shape index (κ2) is 7.07. The topological polar surface area (TPSA) is 34.2 Å². The first-order valence-corrected chi connectivity index (χ1v) is 7.91. The first kappa shape index (κ1) is 15.3. The Labute approximate surface area is 123 Å². The van der Waals surface area contributed by atoms with Crippen molar-refractivity contribution in [3.63, 3.8) is 0 Å². The molecule has 1 aliphatic carbocycles. The van der Waals surface area contributed by atoms with Crippen molar-refractivity contribution < 1.29 is 4.74 Å². The third-order valence-corrected chi connectivity index (χ3v) is 4.19. The van der Waals surface area contributed by atoms with E-state index in [0.717, 1.165) is 38.1 Å². The summed E-state index contributed by atoms with van der Waals surface area (Å²) >= 11 is 0. The van der Waals surface area contributed by atoms with Crippen LogP contribution in [0.3, 0.4) is 0 Å². The van der Waals surface area contributed by atoms with E-state index in [1.54, 1.807) is 0 Å². The molecule has 1 aliphatic rings. The molecule has 1 heterocycles. The van der Waals surface area contributed by atoms with Crippen LogP contribution in [0.1, 0.15) is 58.4 Å². The highest BCUT2D eigenvalue weighted by Crippen LogP contribution is 2.36. The molecular formula is C17H28N2O. The monoisotopic (exact) mass is 276 g/mol. The number of ether oxygens (including phenoxy) is 1. The highest BCUT2D eigenvalue weighted by atomic mass is 16.5. The van der Waals surface area contributed by atoms with Crippen LogP contribution in [0.4, 0.5) is 0 Å². The van der Waals surface area contributed by atoms with E-state index < -0.39 is 0 Å². The van der Waals surface area contributed by atoms with Crippen LogP contribution in [0.25, 0.3) is 0 Å². The minimum Gasteiger partial charge on any atom is -0.488 e. The van der Waals surface area contributed by atoms with Gasteiger partial charge in [0.05, 0.1) is 12.3 Å². The van der Waals surface area contributed by atoms with Crippen molar-refractivity contribution in [2.75, 3.05) is 6.54 Å². The van der Waals surface area contributed by atoms with Gasteiger partial charge < -0.3 is 10.1 Å². The molecule has 0 saturated heterocycles. The first-order chi connectivity index (χ1) is 9.61. The maximum Gasteiger partial charge on any atom is 0.142 e. The largest absolute Gasteiger partial charge is 0.488 e. The van der Waals surface area contributed by atoms with Crippen LogP contribution in [-0.4, -0.2) is 17.6 Å². The SMILES string of the molecule is CCCNCc1ccncc1OC1CCC(C)(C)CC1. The molecule has 0 atom stereocenters. The smallest absolute Gasteiger partial charge is 0.142 e. The average molecular weight is 276 g/mol.